The minimum absolute atomic E-state index is 0.0180. The van der Waals surface area contributed by atoms with Gasteiger partial charge in [-0.05, 0) is 19.1 Å². The van der Waals surface area contributed by atoms with Crippen molar-refractivity contribution in [3.63, 3.8) is 0 Å². The van der Waals surface area contributed by atoms with E-state index in [0.29, 0.717) is 25.1 Å². The molecule has 0 fully saturated rings. The molecular weight excluding hydrogens is 212 g/mol. The summed E-state index contributed by atoms with van der Waals surface area (Å²) >= 11 is 3.94. The highest BCUT2D eigenvalue weighted by molar-refractivity contribution is 7.80. The van der Waals surface area contributed by atoms with E-state index in [1.165, 1.54) is 0 Å². The van der Waals surface area contributed by atoms with Crippen LogP contribution in [-0.4, -0.2) is 30.2 Å². The summed E-state index contributed by atoms with van der Waals surface area (Å²) in [4.78, 5) is 22.3. The molecule has 0 radical (unpaired) electrons. The molecule has 1 unspecified atom stereocenters. The Balaban J connectivity index is 3.50. The van der Waals surface area contributed by atoms with Crippen LogP contribution in [0, 0.1) is 0 Å². The molecule has 0 aromatic carbocycles. The predicted octanol–water partition coefficient (Wildman–Crippen LogP) is 0.727. The smallest absolute Gasteiger partial charge is 0.221 e. The Morgan fingerprint density at radius 1 is 1.27 bits per heavy atom. The topological polar surface area (TPSA) is 58.2 Å². The van der Waals surface area contributed by atoms with Gasteiger partial charge in [0.1, 0.15) is 0 Å². The summed E-state index contributed by atoms with van der Waals surface area (Å²) in [7, 11) is 0. The number of rotatable bonds is 7. The first kappa shape index (κ1) is 14.3. The molecule has 2 N–H and O–H groups in total. The first-order valence-corrected chi connectivity index (χ1v) is 5.90. The summed E-state index contributed by atoms with van der Waals surface area (Å²) in [5, 5.41) is 5.49. The maximum Gasteiger partial charge on any atom is 0.221 e. The Kier molecular flexibility index (Phi) is 8.18. The molecule has 4 nitrogen and oxygen atoms in total. The minimum atomic E-state index is -0.0543. The Labute approximate surface area is 96.6 Å². The van der Waals surface area contributed by atoms with Crippen molar-refractivity contribution in [2.75, 3.05) is 12.3 Å². The number of hydrogen-bond donors (Lipinski definition) is 3. The number of thiol groups is 1. The van der Waals surface area contributed by atoms with Gasteiger partial charge in [-0.15, -0.1) is 0 Å². The summed E-state index contributed by atoms with van der Waals surface area (Å²) in [6, 6.07) is 0.200. The lowest BCUT2D eigenvalue weighted by Gasteiger charge is -2.11. The molecule has 0 aliphatic heterocycles. The number of amides is 2. The first-order chi connectivity index (χ1) is 7.10. The highest BCUT2D eigenvalue weighted by Gasteiger charge is 2.05. The summed E-state index contributed by atoms with van der Waals surface area (Å²) < 4.78 is 0. The van der Waals surface area contributed by atoms with Gasteiger partial charge >= 0.3 is 0 Å². The van der Waals surface area contributed by atoms with Crippen molar-refractivity contribution in [3.05, 3.63) is 0 Å². The van der Waals surface area contributed by atoms with Crippen LogP contribution in [0.25, 0.3) is 0 Å². The second-order valence-corrected chi connectivity index (χ2v) is 3.90. The van der Waals surface area contributed by atoms with Crippen LogP contribution >= 0.6 is 12.6 Å². The number of carbonyl (C=O) groups is 2. The monoisotopic (exact) mass is 232 g/mol. The lowest BCUT2D eigenvalue weighted by Crippen LogP contribution is -2.35. The molecule has 0 aromatic rings. The fourth-order valence-corrected chi connectivity index (χ4v) is 1.16. The summed E-state index contributed by atoms with van der Waals surface area (Å²) in [6.45, 7) is 4.37. The molecule has 5 heteroatoms. The van der Waals surface area contributed by atoms with Crippen molar-refractivity contribution in [1.29, 1.82) is 0 Å². The molecule has 0 heterocycles. The van der Waals surface area contributed by atoms with E-state index in [2.05, 4.69) is 23.3 Å². The molecule has 0 aromatic heterocycles. The number of nitrogens with one attached hydrogen (secondary N) is 2. The van der Waals surface area contributed by atoms with Gasteiger partial charge in [0.25, 0.3) is 0 Å². The van der Waals surface area contributed by atoms with Crippen LogP contribution in [0.5, 0.6) is 0 Å². The second-order valence-electron chi connectivity index (χ2n) is 3.45. The molecule has 0 rings (SSSR count). The Bertz CT molecular complexity index is 210. The van der Waals surface area contributed by atoms with E-state index in [1.54, 1.807) is 0 Å². The van der Waals surface area contributed by atoms with Gasteiger partial charge in [-0.1, -0.05) is 6.92 Å². The second kappa shape index (κ2) is 8.59. The summed E-state index contributed by atoms with van der Waals surface area (Å²) in [5.74, 6) is 0.460. The van der Waals surface area contributed by atoms with Crippen molar-refractivity contribution in [2.45, 2.75) is 39.2 Å². The Morgan fingerprint density at radius 3 is 2.47 bits per heavy atom. The number of hydrogen-bond acceptors (Lipinski definition) is 3. The van der Waals surface area contributed by atoms with Gasteiger partial charge in [0, 0.05) is 25.4 Å². The van der Waals surface area contributed by atoms with E-state index >= 15 is 0 Å². The fraction of sp³-hybridized carbons (Fsp3) is 0.800. The Hall–Kier alpha value is -0.710. The van der Waals surface area contributed by atoms with Crippen LogP contribution in [0.2, 0.25) is 0 Å². The zero-order valence-corrected chi connectivity index (χ0v) is 10.3. The van der Waals surface area contributed by atoms with Gasteiger partial charge in [-0.25, -0.2) is 0 Å². The van der Waals surface area contributed by atoms with Crippen LogP contribution in [0.1, 0.15) is 33.1 Å². The molecule has 0 saturated heterocycles. The molecule has 0 bridgehead atoms. The molecule has 0 saturated carbocycles. The predicted molar refractivity (Wildman–Crippen MR) is 64.0 cm³/mol. The highest BCUT2D eigenvalue weighted by Crippen LogP contribution is 1.89. The van der Waals surface area contributed by atoms with Crippen LogP contribution in [-0.2, 0) is 9.59 Å². The molecule has 0 spiro atoms. The third-order valence-corrected chi connectivity index (χ3v) is 2.26. The van der Waals surface area contributed by atoms with E-state index < -0.39 is 0 Å². The summed E-state index contributed by atoms with van der Waals surface area (Å²) in [5.41, 5.74) is 0. The van der Waals surface area contributed by atoms with Gasteiger partial charge in [-0.3, -0.25) is 9.59 Å². The normalized spacial score (nSPS) is 11.9. The Morgan fingerprint density at radius 2 is 1.93 bits per heavy atom. The van der Waals surface area contributed by atoms with Crippen molar-refractivity contribution in [1.82, 2.24) is 10.6 Å². The zero-order valence-electron chi connectivity index (χ0n) is 9.38. The zero-order chi connectivity index (χ0) is 11.7. The summed E-state index contributed by atoms with van der Waals surface area (Å²) in [6.07, 6.45) is 1.65. The lowest BCUT2D eigenvalue weighted by atomic mass is 10.2. The van der Waals surface area contributed by atoms with Crippen molar-refractivity contribution in [3.8, 4) is 0 Å². The quantitative estimate of drug-likeness (QED) is 0.567. The van der Waals surface area contributed by atoms with Crippen LogP contribution in [0.15, 0.2) is 0 Å². The van der Waals surface area contributed by atoms with E-state index in [0.717, 1.165) is 6.42 Å². The van der Waals surface area contributed by atoms with Crippen molar-refractivity contribution >= 4 is 24.4 Å². The SMILES string of the molecule is CCC(C)NC(=O)CCNC(=O)CCS. The maximum absolute atomic E-state index is 11.3. The molecule has 2 amide bonds. The largest absolute Gasteiger partial charge is 0.356 e. The average molecular weight is 232 g/mol. The van der Waals surface area contributed by atoms with Gasteiger partial charge in [0.2, 0.25) is 11.8 Å². The van der Waals surface area contributed by atoms with Gasteiger partial charge in [0.05, 0.1) is 0 Å². The molecule has 1 atom stereocenters. The standard InChI is InChI=1S/C10H20N2O2S/c1-3-8(2)12-10(14)4-6-11-9(13)5-7-15/h8,15H,3-7H2,1-2H3,(H,11,13)(H,12,14). The van der Waals surface area contributed by atoms with Crippen molar-refractivity contribution in [2.24, 2.45) is 0 Å². The fourth-order valence-electron chi connectivity index (χ4n) is 0.954. The van der Waals surface area contributed by atoms with E-state index in [4.69, 9.17) is 0 Å². The molecule has 0 aliphatic carbocycles. The average Bonchev–Trinajstić information content (AvgIpc) is 2.18. The minimum Gasteiger partial charge on any atom is -0.356 e. The van der Waals surface area contributed by atoms with E-state index in [1.807, 2.05) is 13.8 Å². The molecule has 88 valence electrons. The van der Waals surface area contributed by atoms with Crippen LogP contribution < -0.4 is 10.6 Å². The van der Waals surface area contributed by atoms with Crippen LogP contribution in [0.3, 0.4) is 0 Å². The molecule has 15 heavy (non-hydrogen) atoms. The van der Waals surface area contributed by atoms with Crippen molar-refractivity contribution < 1.29 is 9.59 Å². The van der Waals surface area contributed by atoms with E-state index in [9.17, 15) is 9.59 Å². The lowest BCUT2D eigenvalue weighted by molar-refractivity contribution is -0.122. The first-order valence-electron chi connectivity index (χ1n) is 5.27. The third-order valence-electron chi connectivity index (χ3n) is 2.03. The maximum atomic E-state index is 11.3. The van der Waals surface area contributed by atoms with Crippen LogP contribution in [0.4, 0.5) is 0 Å². The van der Waals surface area contributed by atoms with Gasteiger partial charge in [0.15, 0.2) is 0 Å². The van der Waals surface area contributed by atoms with E-state index in [-0.39, 0.29) is 17.9 Å². The highest BCUT2D eigenvalue weighted by atomic mass is 32.1. The number of carbonyl (C=O) groups excluding carboxylic acids is 2. The molecular formula is C10H20N2O2S. The third kappa shape index (κ3) is 8.30. The van der Waals surface area contributed by atoms with Gasteiger partial charge < -0.3 is 10.6 Å². The molecule has 0 aliphatic rings. The van der Waals surface area contributed by atoms with Gasteiger partial charge in [-0.2, -0.15) is 12.6 Å².